The zero-order valence-corrected chi connectivity index (χ0v) is 17.6. The van der Waals surface area contributed by atoms with Gasteiger partial charge in [0.05, 0.1) is 17.1 Å². The molecule has 1 amide bonds. The summed E-state index contributed by atoms with van der Waals surface area (Å²) in [6, 6.07) is 21.4. The molecule has 5 rings (SSSR count). The highest BCUT2D eigenvalue weighted by Crippen LogP contribution is 2.26. The Hall–Kier alpha value is -3.22. The zero-order valence-electron chi connectivity index (χ0n) is 16.9. The normalized spacial score (nSPS) is 14.8. The molecule has 0 N–H and O–H groups in total. The number of fused-ring (bicyclic) bond motifs is 1. The largest absolute Gasteiger partial charge is 0.336 e. The average molecular weight is 433 g/mol. The van der Waals surface area contributed by atoms with Gasteiger partial charge in [0.25, 0.3) is 11.8 Å². The fourth-order valence-electron chi connectivity index (χ4n) is 3.88. The Labute approximate surface area is 185 Å². The minimum absolute atomic E-state index is 0.0750. The van der Waals surface area contributed by atoms with Gasteiger partial charge in [-0.15, -0.1) is 0 Å². The monoisotopic (exact) mass is 432 g/mol. The zero-order chi connectivity index (χ0) is 21.2. The van der Waals surface area contributed by atoms with Gasteiger partial charge in [0.1, 0.15) is 0 Å². The van der Waals surface area contributed by atoms with Crippen LogP contribution in [0.5, 0.6) is 0 Å². The van der Waals surface area contributed by atoms with Gasteiger partial charge < -0.3 is 9.42 Å². The third-order valence-corrected chi connectivity index (χ3v) is 5.92. The second-order valence-electron chi connectivity index (χ2n) is 7.63. The first kappa shape index (κ1) is 19.7. The Kier molecular flexibility index (Phi) is 5.40. The minimum atomic E-state index is 0.0750. The molecule has 1 aliphatic rings. The van der Waals surface area contributed by atoms with Crippen molar-refractivity contribution < 1.29 is 9.32 Å². The van der Waals surface area contributed by atoms with E-state index in [1.807, 2.05) is 59.5 Å². The van der Waals surface area contributed by atoms with Gasteiger partial charge in [-0.1, -0.05) is 59.2 Å². The molecular weight excluding hydrogens is 412 g/mol. The molecule has 3 aromatic carbocycles. The van der Waals surface area contributed by atoms with Gasteiger partial charge in [0.15, 0.2) is 5.82 Å². The summed E-state index contributed by atoms with van der Waals surface area (Å²) in [5.41, 5.74) is 1.46. The molecule has 0 unspecified atom stereocenters. The van der Waals surface area contributed by atoms with E-state index in [0.717, 1.165) is 35.0 Å². The molecule has 0 bridgehead atoms. The number of hydrogen-bond acceptors (Lipinski definition) is 5. The maximum atomic E-state index is 13.0. The second kappa shape index (κ2) is 8.49. The predicted octanol–water partition coefficient (Wildman–Crippen LogP) is 4.50. The lowest BCUT2D eigenvalue weighted by Gasteiger charge is -2.34. The summed E-state index contributed by atoms with van der Waals surface area (Å²) in [6.45, 7) is 3.43. The third-order valence-electron chi connectivity index (χ3n) is 5.59. The Morgan fingerprint density at radius 3 is 2.48 bits per heavy atom. The number of benzene rings is 3. The van der Waals surface area contributed by atoms with Gasteiger partial charge in [-0.05, 0) is 35.0 Å². The Balaban J connectivity index is 1.20. The van der Waals surface area contributed by atoms with Crippen LogP contribution in [-0.4, -0.2) is 52.0 Å². The molecule has 1 aliphatic heterocycles. The van der Waals surface area contributed by atoms with Crippen molar-refractivity contribution in [2.24, 2.45) is 0 Å². The van der Waals surface area contributed by atoms with Crippen LogP contribution >= 0.6 is 11.6 Å². The number of nitrogens with zero attached hydrogens (tertiary/aromatic N) is 4. The third kappa shape index (κ3) is 4.17. The van der Waals surface area contributed by atoms with Crippen LogP contribution in [0.2, 0.25) is 5.02 Å². The molecular formula is C24H21ClN4O2. The number of hydrogen-bond donors (Lipinski definition) is 0. The van der Waals surface area contributed by atoms with Crippen molar-refractivity contribution in [2.75, 3.05) is 26.2 Å². The van der Waals surface area contributed by atoms with Crippen molar-refractivity contribution in [3.63, 3.8) is 0 Å². The van der Waals surface area contributed by atoms with Crippen LogP contribution < -0.4 is 0 Å². The SMILES string of the molecule is O=C(c1ccc2ccccc2c1)N1CCN(Cc2noc(-c3ccccc3Cl)n2)CC1. The van der Waals surface area contributed by atoms with Crippen molar-refractivity contribution in [3.8, 4) is 11.5 Å². The highest BCUT2D eigenvalue weighted by molar-refractivity contribution is 6.33. The van der Waals surface area contributed by atoms with E-state index in [1.165, 1.54) is 0 Å². The summed E-state index contributed by atoms with van der Waals surface area (Å²) in [5, 5.41) is 6.89. The molecule has 1 aromatic heterocycles. The number of halogens is 1. The molecule has 6 nitrogen and oxygen atoms in total. The van der Waals surface area contributed by atoms with Gasteiger partial charge in [0, 0.05) is 31.7 Å². The number of piperazine rings is 1. The van der Waals surface area contributed by atoms with Crippen LogP contribution in [0.3, 0.4) is 0 Å². The van der Waals surface area contributed by atoms with E-state index in [2.05, 4.69) is 21.1 Å². The summed E-state index contributed by atoms with van der Waals surface area (Å²) >= 11 is 6.21. The summed E-state index contributed by atoms with van der Waals surface area (Å²) in [6.07, 6.45) is 0. The topological polar surface area (TPSA) is 62.5 Å². The average Bonchev–Trinajstić information content (AvgIpc) is 3.27. The first-order valence-electron chi connectivity index (χ1n) is 10.3. The first-order chi connectivity index (χ1) is 15.2. The number of aromatic nitrogens is 2. The minimum Gasteiger partial charge on any atom is -0.336 e. The molecule has 0 radical (unpaired) electrons. The molecule has 7 heteroatoms. The van der Waals surface area contributed by atoms with E-state index >= 15 is 0 Å². The van der Waals surface area contributed by atoms with Crippen molar-refractivity contribution in [1.82, 2.24) is 19.9 Å². The Morgan fingerprint density at radius 1 is 0.935 bits per heavy atom. The van der Waals surface area contributed by atoms with Crippen LogP contribution in [-0.2, 0) is 6.54 Å². The van der Waals surface area contributed by atoms with Crippen molar-refractivity contribution in [3.05, 3.63) is 83.1 Å². The molecule has 2 heterocycles. The van der Waals surface area contributed by atoms with Crippen LogP contribution in [0.25, 0.3) is 22.2 Å². The van der Waals surface area contributed by atoms with Crippen molar-refractivity contribution >= 4 is 28.3 Å². The van der Waals surface area contributed by atoms with Crippen LogP contribution in [0, 0.1) is 0 Å². The molecule has 1 saturated heterocycles. The molecule has 1 fully saturated rings. The van der Waals surface area contributed by atoms with Crippen LogP contribution in [0.15, 0.2) is 71.3 Å². The molecule has 0 spiro atoms. The molecule has 0 aliphatic carbocycles. The van der Waals surface area contributed by atoms with Gasteiger partial charge in [-0.3, -0.25) is 9.69 Å². The molecule has 156 valence electrons. The van der Waals surface area contributed by atoms with E-state index in [9.17, 15) is 4.79 Å². The lowest BCUT2D eigenvalue weighted by Crippen LogP contribution is -2.48. The van der Waals surface area contributed by atoms with Gasteiger partial charge >= 0.3 is 0 Å². The smallest absolute Gasteiger partial charge is 0.259 e. The molecule has 0 saturated carbocycles. The van der Waals surface area contributed by atoms with Crippen LogP contribution in [0.4, 0.5) is 0 Å². The summed E-state index contributed by atoms with van der Waals surface area (Å²) < 4.78 is 5.39. The standard InChI is InChI=1S/C24H21ClN4O2/c25-21-8-4-3-7-20(21)23-26-22(27-31-23)16-28-11-13-29(14-12-28)24(30)19-10-9-17-5-1-2-6-18(17)15-19/h1-10,15H,11-14,16H2. The predicted molar refractivity (Wildman–Crippen MR) is 120 cm³/mol. The number of amides is 1. The Bertz CT molecular complexity index is 1230. The Morgan fingerprint density at radius 2 is 1.68 bits per heavy atom. The quantitative estimate of drug-likeness (QED) is 0.475. The summed E-state index contributed by atoms with van der Waals surface area (Å²) in [4.78, 5) is 21.6. The summed E-state index contributed by atoms with van der Waals surface area (Å²) in [5.74, 6) is 1.11. The highest BCUT2D eigenvalue weighted by atomic mass is 35.5. The lowest BCUT2D eigenvalue weighted by atomic mass is 10.1. The second-order valence-corrected chi connectivity index (χ2v) is 8.03. The van der Waals surface area contributed by atoms with Crippen molar-refractivity contribution in [1.29, 1.82) is 0 Å². The number of rotatable bonds is 4. The first-order valence-corrected chi connectivity index (χ1v) is 10.6. The summed E-state index contributed by atoms with van der Waals surface area (Å²) in [7, 11) is 0. The van der Waals surface area contributed by atoms with Gasteiger partial charge in [-0.25, -0.2) is 0 Å². The van der Waals surface area contributed by atoms with Crippen LogP contribution in [0.1, 0.15) is 16.2 Å². The maximum absolute atomic E-state index is 13.0. The lowest BCUT2D eigenvalue weighted by molar-refractivity contribution is 0.0624. The number of carbonyl (C=O) groups is 1. The van der Waals surface area contributed by atoms with E-state index in [4.69, 9.17) is 16.1 Å². The van der Waals surface area contributed by atoms with Gasteiger partial charge in [-0.2, -0.15) is 4.98 Å². The molecule has 31 heavy (non-hydrogen) atoms. The molecule has 0 atom stereocenters. The van der Waals surface area contributed by atoms with E-state index in [-0.39, 0.29) is 5.91 Å². The fraction of sp³-hybridized carbons (Fsp3) is 0.208. The highest BCUT2D eigenvalue weighted by Gasteiger charge is 2.23. The molecule has 4 aromatic rings. The van der Waals surface area contributed by atoms with E-state index in [1.54, 1.807) is 6.07 Å². The number of carbonyl (C=O) groups excluding carboxylic acids is 1. The van der Waals surface area contributed by atoms with E-state index < -0.39 is 0 Å². The van der Waals surface area contributed by atoms with Crippen molar-refractivity contribution in [2.45, 2.75) is 6.54 Å². The van der Waals surface area contributed by atoms with E-state index in [0.29, 0.717) is 36.4 Å². The maximum Gasteiger partial charge on any atom is 0.259 e. The fourth-order valence-corrected chi connectivity index (χ4v) is 4.09. The van der Waals surface area contributed by atoms with Gasteiger partial charge in [0.2, 0.25) is 0 Å².